The number of aromatic nitrogens is 2. The Morgan fingerprint density at radius 1 is 1.11 bits per heavy atom. The molecule has 136 valence electrons. The van der Waals surface area contributed by atoms with E-state index in [9.17, 15) is 14.9 Å². The average molecular weight is 384 g/mol. The quantitative estimate of drug-likeness (QED) is 0.375. The zero-order valence-electron chi connectivity index (χ0n) is 14.5. The minimum atomic E-state index is -0.614. The first-order chi connectivity index (χ1) is 12.9. The minimum Gasteiger partial charge on any atom is -0.465 e. The monoisotopic (exact) mass is 383 g/mol. The summed E-state index contributed by atoms with van der Waals surface area (Å²) in [5, 5.41) is 11.7. The lowest BCUT2D eigenvalue weighted by molar-refractivity contribution is -0.384. The number of benzene rings is 2. The average Bonchev–Trinajstić information content (AvgIpc) is 2.67. The van der Waals surface area contributed by atoms with E-state index in [0.29, 0.717) is 27.7 Å². The molecule has 0 aliphatic rings. The number of aryl methyl sites for hydroxylation is 1. The molecule has 3 rings (SSSR count). The Morgan fingerprint density at radius 2 is 1.81 bits per heavy atom. The summed E-state index contributed by atoms with van der Waals surface area (Å²) < 4.78 is 4.85. The number of carbonyl (C=O) groups is 1. The molecule has 0 amide bonds. The van der Waals surface area contributed by atoms with Crippen molar-refractivity contribution in [3.8, 4) is 22.6 Å². The van der Waals surface area contributed by atoms with E-state index in [1.165, 1.54) is 25.3 Å². The summed E-state index contributed by atoms with van der Waals surface area (Å²) >= 11 is 5.92. The molecule has 8 heteroatoms. The van der Waals surface area contributed by atoms with E-state index >= 15 is 0 Å². The van der Waals surface area contributed by atoms with Gasteiger partial charge in [0.15, 0.2) is 5.82 Å². The molecule has 0 saturated carbocycles. The lowest BCUT2D eigenvalue weighted by Crippen LogP contribution is -2.11. The molecule has 0 atom stereocenters. The van der Waals surface area contributed by atoms with E-state index in [2.05, 4.69) is 9.97 Å². The second-order valence-corrected chi connectivity index (χ2v) is 6.10. The summed E-state index contributed by atoms with van der Waals surface area (Å²) in [7, 11) is 1.26. The van der Waals surface area contributed by atoms with E-state index in [-0.39, 0.29) is 16.9 Å². The third kappa shape index (κ3) is 3.78. The van der Waals surface area contributed by atoms with E-state index < -0.39 is 10.9 Å². The molecule has 1 aromatic heterocycles. The zero-order chi connectivity index (χ0) is 19.6. The highest BCUT2D eigenvalue weighted by Gasteiger charge is 2.22. The summed E-state index contributed by atoms with van der Waals surface area (Å²) in [6, 6.07) is 12.8. The molecule has 0 aliphatic carbocycles. The lowest BCUT2D eigenvalue weighted by atomic mass is 10.0. The fourth-order valence-corrected chi connectivity index (χ4v) is 2.75. The van der Waals surface area contributed by atoms with Crippen molar-refractivity contribution in [2.45, 2.75) is 6.92 Å². The number of ether oxygens (including phenoxy) is 1. The van der Waals surface area contributed by atoms with Gasteiger partial charge in [0.05, 0.1) is 23.4 Å². The predicted octanol–water partition coefficient (Wildman–Crippen LogP) is 4.47. The van der Waals surface area contributed by atoms with Gasteiger partial charge in [-0.3, -0.25) is 10.1 Å². The van der Waals surface area contributed by atoms with Crippen LogP contribution >= 0.6 is 11.6 Å². The van der Waals surface area contributed by atoms with Crippen LogP contribution in [0, 0.1) is 17.0 Å². The molecule has 0 radical (unpaired) electrons. The van der Waals surface area contributed by atoms with Crippen LogP contribution in [0.1, 0.15) is 16.1 Å². The molecular formula is C19H14ClN3O4. The molecule has 0 N–H and O–H groups in total. The van der Waals surface area contributed by atoms with Gasteiger partial charge >= 0.3 is 5.97 Å². The van der Waals surface area contributed by atoms with Crippen molar-refractivity contribution in [1.82, 2.24) is 9.97 Å². The Kier molecular flexibility index (Phi) is 5.14. The van der Waals surface area contributed by atoms with Gasteiger partial charge in [0.2, 0.25) is 0 Å². The molecule has 0 fully saturated rings. The van der Waals surface area contributed by atoms with Crippen LogP contribution in [0.15, 0.2) is 48.5 Å². The van der Waals surface area contributed by atoms with Gasteiger partial charge < -0.3 is 4.74 Å². The molecule has 0 saturated heterocycles. The van der Waals surface area contributed by atoms with Crippen molar-refractivity contribution in [2.24, 2.45) is 0 Å². The Hall–Kier alpha value is -3.32. The fraction of sp³-hybridized carbons (Fsp3) is 0.105. The van der Waals surface area contributed by atoms with Gasteiger partial charge in [-0.1, -0.05) is 23.7 Å². The highest BCUT2D eigenvalue weighted by atomic mass is 35.5. The summed E-state index contributed by atoms with van der Waals surface area (Å²) in [5.74, 6) is -0.241. The number of hydrogen-bond acceptors (Lipinski definition) is 6. The van der Waals surface area contributed by atoms with Crippen molar-refractivity contribution >= 4 is 23.3 Å². The number of esters is 1. The van der Waals surface area contributed by atoms with Crippen LogP contribution in [-0.2, 0) is 4.74 Å². The van der Waals surface area contributed by atoms with Crippen LogP contribution < -0.4 is 0 Å². The Labute approximate surface area is 159 Å². The summed E-state index contributed by atoms with van der Waals surface area (Å²) in [6.45, 7) is 1.66. The minimum absolute atomic E-state index is 0.104. The van der Waals surface area contributed by atoms with Crippen LogP contribution in [0.3, 0.4) is 0 Å². The second-order valence-electron chi connectivity index (χ2n) is 5.66. The zero-order valence-corrected chi connectivity index (χ0v) is 15.2. The molecule has 0 spiro atoms. The van der Waals surface area contributed by atoms with Gasteiger partial charge in [-0.05, 0) is 31.2 Å². The van der Waals surface area contributed by atoms with Crippen LogP contribution in [0.5, 0.6) is 0 Å². The van der Waals surface area contributed by atoms with Crippen LogP contribution in [0.2, 0.25) is 5.02 Å². The predicted molar refractivity (Wildman–Crippen MR) is 101 cm³/mol. The smallest absolute Gasteiger partial charge is 0.341 e. The number of non-ortho nitro benzene ring substituents is 1. The highest BCUT2D eigenvalue weighted by Crippen LogP contribution is 2.30. The number of carbonyl (C=O) groups excluding carboxylic acids is 1. The topological polar surface area (TPSA) is 95.2 Å². The number of methoxy groups -OCH3 is 1. The molecule has 0 unspecified atom stereocenters. The van der Waals surface area contributed by atoms with Gasteiger partial charge in [-0.2, -0.15) is 0 Å². The number of rotatable bonds is 4. The van der Waals surface area contributed by atoms with Crippen LogP contribution in [-0.4, -0.2) is 28.0 Å². The van der Waals surface area contributed by atoms with Crippen molar-refractivity contribution in [2.75, 3.05) is 7.11 Å². The van der Waals surface area contributed by atoms with Crippen molar-refractivity contribution in [3.63, 3.8) is 0 Å². The van der Waals surface area contributed by atoms with Gasteiger partial charge in [0, 0.05) is 28.3 Å². The van der Waals surface area contributed by atoms with Gasteiger partial charge in [-0.25, -0.2) is 14.8 Å². The number of nitrogens with zero attached hydrogens (tertiary/aromatic N) is 3. The first kappa shape index (κ1) is 18.5. The largest absolute Gasteiger partial charge is 0.465 e. The van der Waals surface area contributed by atoms with Gasteiger partial charge in [0.25, 0.3) is 5.69 Å². The molecule has 0 aliphatic heterocycles. The second kappa shape index (κ2) is 7.51. The van der Waals surface area contributed by atoms with Crippen molar-refractivity contribution in [3.05, 3.63) is 74.9 Å². The number of nitro groups is 1. The maximum absolute atomic E-state index is 12.3. The third-order valence-corrected chi connectivity index (χ3v) is 4.16. The van der Waals surface area contributed by atoms with Gasteiger partial charge in [0.1, 0.15) is 5.56 Å². The molecule has 3 aromatic rings. The maximum atomic E-state index is 12.3. The molecule has 0 bridgehead atoms. The van der Waals surface area contributed by atoms with E-state index in [1.54, 1.807) is 37.3 Å². The third-order valence-electron chi connectivity index (χ3n) is 3.91. The van der Waals surface area contributed by atoms with E-state index in [4.69, 9.17) is 16.3 Å². The van der Waals surface area contributed by atoms with Crippen LogP contribution in [0.25, 0.3) is 22.6 Å². The lowest BCUT2D eigenvalue weighted by Gasteiger charge is -2.12. The molecule has 2 aromatic carbocycles. The summed E-state index contributed by atoms with van der Waals surface area (Å²) in [4.78, 5) is 31.8. The Bertz CT molecular complexity index is 1040. The first-order valence-corrected chi connectivity index (χ1v) is 8.26. The standard InChI is InChI=1S/C19H14ClN3O4/c1-11-16(19(24)27-2)17(13-4-3-5-15(10-13)23(25)26)22-18(21-11)12-6-8-14(20)9-7-12/h3-10H,1-2H3. The normalized spacial score (nSPS) is 10.5. The molecule has 1 heterocycles. The van der Waals surface area contributed by atoms with E-state index in [1.807, 2.05) is 0 Å². The Balaban J connectivity index is 2.25. The highest BCUT2D eigenvalue weighted by molar-refractivity contribution is 6.30. The maximum Gasteiger partial charge on any atom is 0.341 e. The summed E-state index contributed by atoms with van der Waals surface area (Å²) in [6.07, 6.45) is 0. The SMILES string of the molecule is COC(=O)c1c(C)nc(-c2ccc(Cl)cc2)nc1-c1cccc([N+](=O)[O-])c1. The number of nitro benzene ring substituents is 1. The van der Waals surface area contributed by atoms with Crippen molar-refractivity contribution in [1.29, 1.82) is 0 Å². The first-order valence-electron chi connectivity index (χ1n) is 7.88. The van der Waals surface area contributed by atoms with Crippen molar-refractivity contribution < 1.29 is 14.5 Å². The number of halogens is 1. The molecule has 7 nitrogen and oxygen atoms in total. The number of hydrogen-bond donors (Lipinski definition) is 0. The fourth-order valence-electron chi connectivity index (χ4n) is 2.62. The van der Waals surface area contributed by atoms with Gasteiger partial charge in [-0.15, -0.1) is 0 Å². The van der Waals surface area contributed by atoms with E-state index in [0.717, 1.165) is 0 Å². The molecule has 27 heavy (non-hydrogen) atoms. The molecular weight excluding hydrogens is 370 g/mol. The van der Waals surface area contributed by atoms with Crippen LogP contribution in [0.4, 0.5) is 5.69 Å². The summed E-state index contributed by atoms with van der Waals surface area (Å²) in [5.41, 5.74) is 1.85. The Morgan fingerprint density at radius 3 is 2.44 bits per heavy atom.